The lowest BCUT2D eigenvalue weighted by Gasteiger charge is -1.85. The van der Waals surface area contributed by atoms with Gasteiger partial charge in [0.25, 0.3) is 0 Å². The van der Waals surface area contributed by atoms with Gasteiger partial charge in [-0.05, 0) is 18.6 Å². The lowest BCUT2D eigenvalue weighted by atomic mass is 10.3. The smallest absolute Gasteiger partial charge is 0.107 e. The molecule has 0 spiro atoms. The Labute approximate surface area is 61.5 Å². The van der Waals surface area contributed by atoms with Crippen LogP contribution in [0.3, 0.4) is 0 Å². The van der Waals surface area contributed by atoms with E-state index in [1.165, 1.54) is 0 Å². The quantitative estimate of drug-likeness (QED) is 0.568. The molecule has 0 saturated heterocycles. The van der Waals surface area contributed by atoms with Crippen LogP contribution in [0.2, 0.25) is 0 Å². The second-order valence-corrected chi connectivity index (χ2v) is 1.80. The van der Waals surface area contributed by atoms with Crippen molar-refractivity contribution in [3.8, 4) is 11.8 Å². The van der Waals surface area contributed by atoms with E-state index in [1.807, 2.05) is 6.92 Å². The highest BCUT2D eigenvalue weighted by Gasteiger charge is 1.76. The molecule has 0 aromatic heterocycles. The lowest BCUT2D eigenvalue weighted by Crippen LogP contribution is -1.82. The largest absolute Gasteiger partial charge is 0.392 e. The van der Waals surface area contributed by atoms with Crippen molar-refractivity contribution in [3.63, 3.8) is 0 Å². The number of hydrogen-bond acceptors (Lipinski definition) is 2. The summed E-state index contributed by atoms with van der Waals surface area (Å²) in [6.07, 6.45) is 1.66. The summed E-state index contributed by atoms with van der Waals surface area (Å²) >= 11 is 0. The molecule has 0 aliphatic rings. The molecule has 0 bridgehead atoms. The third-order valence-corrected chi connectivity index (χ3v) is 0.900. The summed E-state index contributed by atoms with van der Waals surface area (Å²) in [5, 5.41) is 8.42. The summed E-state index contributed by atoms with van der Waals surface area (Å²) in [6.45, 7) is 2.34. The van der Waals surface area contributed by atoms with Crippen LogP contribution in [0.5, 0.6) is 0 Å². The predicted molar refractivity (Wildman–Crippen MR) is 40.5 cm³/mol. The van der Waals surface area contributed by atoms with Crippen LogP contribution in [0, 0.1) is 11.8 Å². The van der Waals surface area contributed by atoms with Crippen molar-refractivity contribution in [1.29, 1.82) is 0 Å². The maximum Gasteiger partial charge on any atom is 0.107 e. The van der Waals surface area contributed by atoms with Gasteiger partial charge < -0.3 is 9.84 Å². The van der Waals surface area contributed by atoms with Crippen LogP contribution in [0.15, 0.2) is 11.6 Å². The second kappa shape index (κ2) is 6.34. The zero-order valence-electron chi connectivity index (χ0n) is 6.35. The van der Waals surface area contributed by atoms with Gasteiger partial charge in [-0.3, -0.25) is 0 Å². The first kappa shape index (κ1) is 9.22. The van der Waals surface area contributed by atoms with Crippen molar-refractivity contribution in [1.82, 2.24) is 0 Å². The molecule has 0 atom stereocenters. The van der Waals surface area contributed by atoms with Crippen LogP contribution in [-0.4, -0.2) is 25.4 Å². The van der Waals surface area contributed by atoms with Gasteiger partial charge in [-0.25, -0.2) is 0 Å². The highest BCUT2D eigenvalue weighted by Crippen LogP contribution is 1.86. The molecule has 2 heteroatoms. The Morgan fingerprint density at radius 1 is 1.70 bits per heavy atom. The van der Waals surface area contributed by atoms with E-state index in [4.69, 9.17) is 9.84 Å². The summed E-state index contributed by atoms with van der Waals surface area (Å²) in [5.74, 6) is 5.58. The first-order valence-corrected chi connectivity index (χ1v) is 3.06. The monoisotopic (exact) mass is 140 g/mol. The highest BCUT2D eigenvalue weighted by atomic mass is 16.5. The van der Waals surface area contributed by atoms with E-state index in [1.54, 1.807) is 13.2 Å². The van der Waals surface area contributed by atoms with Crippen LogP contribution < -0.4 is 0 Å². The molecule has 0 aromatic rings. The second-order valence-electron chi connectivity index (χ2n) is 1.80. The van der Waals surface area contributed by atoms with Crippen LogP contribution in [0.4, 0.5) is 0 Å². The summed E-state index contributed by atoms with van der Waals surface area (Å²) in [6, 6.07) is 0. The Balaban J connectivity index is 3.68. The van der Waals surface area contributed by atoms with Gasteiger partial charge >= 0.3 is 0 Å². The van der Waals surface area contributed by atoms with E-state index in [0.29, 0.717) is 6.61 Å². The average molecular weight is 140 g/mol. The van der Waals surface area contributed by atoms with E-state index < -0.39 is 0 Å². The molecule has 0 aromatic carbocycles. The van der Waals surface area contributed by atoms with Crippen molar-refractivity contribution < 1.29 is 9.84 Å². The zero-order chi connectivity index (χ0) is 7.82. The fraction of sp³-hybridized carbons (Fsp3) is 0.500. The van der Waals surface area contributed by atoms with Crippen molar-refractivity contribution in [2.45, 2.75) is 6.92 Å². The minimum Gasteiger partial charge on any atom is -0.392 e. The molecular weight excluding hydrogens is 128 g/mol. The van der Waals surface area contributed by atoms with E-state index in [2.05, 4.69) is 11.8 Å². The molecule has 0 amide bonds. The van der Waals surface area contributed by atoms with Crippen molar-refractivity contribution in [2.75, 3.05) is 20.3 Å². The molecule has 0 unspecified atom stereocenters. The predicted octanol–water partition coefficient (Wildman–Crippen LogP) is 0.575. The van der Waals surface area contributed by atoms with E-state index >= 15 is 0 Å². The summed E-state index contributed by atoms with van der Waals surface area (Å²) < 4.78 is 4.71. The normalized spacial score (nSPS) is 10.5. The van der Waals surface area contributed by atoms with Crippen LogP contribution in [0.1, 0.15) is 6.92 Å². The minimum atomic E-state index is 0.0491. The van der Waals surface area contributed by atoms with Crippen molar-refractivity contribution in [2.24, 2.45) is 0 Å². The molecule has 0 aliphatic heterocycles. The molecule has 0 rings (SSSR count). The summed E-state index contributed by atoms with van der Waals surface area (Å²) in [7, 11) is 1.60. The van der Waals surface area contributed by atoms with Crippen LogP contribution >= 0.6 is 0 Å². The SMILES string of the molecule is COCC#C/C(C)=C\CO. The number of hydrogen-bond donors (Lipinski definition) is 1. The van der Waals surface area contributed by atoms with Gasteiger partial charge in [0.05, 0.1) is 6.61 Å². The zero-order valence-corrected chi connectivity index (χ0v) is 6.35. The Morgan fingerprint density at radius 3 is 2.90 bits per heavy atom. The van der Waals surface area contributed by atoms with E-state index in [9.17, 15) is 0 Å². The van der Waals surface area contributed by atoms with Crippen LogP contribution in [-0.2, 0) is 4.74 Å². The number of aliphatic hydroxyl groups excluding tert-OH is 1. The Bertz CT molecular complexity index is 160. The molecular formula is C8H12O2. The van der Waals surface area contributed by atoms with Crippen molar-refractivity contribution >= 4 is 0 Å². The molecule has 2 nitrogen and oxygen atoms in total. The molecule has 0 saturated carbocycles. The van der Waals surface area contributed by atoms with E-state index in [-0.39, 0.29) is 6.61 Å². The van der Waals surface area contributed by atoms with Gasteiger partial charge in [-0.15, -0.1) is 0 Å². The molecule has 0 radical (unpaired) electrons. The number of aliphatic hydroxyl groups is 1. The number of rotatable bonds is 2. The Kier molecular flexibility index (Phi) is 5.85. The van der Waals surface area contributed by atoms with Gasteiger partial charge in [0.2, 0.25) is 0 Å². The van der Waals surface area contributed by atoms with Gasteiger partial charge in [0, 0.05) is 7.11 Å². The fourth-order valence-electron chi connectivity index (χ4n) is 0.436. The van der Waals surface area contributed by atoms with Crippen molar-refractivity contribution in [3.05, 3.63) is 11.6 Å². The van der Waals surface area contributed by atoms with Gasteiger partial charge in [-0.1, -0.05) is 11.8 Å². The number of ether oxygens (including phenoxy) is 1. The molecule has 0 fully saturated rings. The third-order valence-electron chi connectivity index (χ3n) is 0.900. The third kappa shape index (κ3) is 5.36. The molecule has 0 heterocycles. The number of allylic oxidation sites excluding steroid dienone is 1. The first-order valence-electron chi connectivity index (χ1n) is 3.06. The summed E-state index contributed by atoms with van der Waals surface area (Å²) in [5.41, 5.74) is 0.875. The van der Waals surface area contributed by atoms with Gasteiger partial charge in [0.15, 0.2) is 0 Å². The van der Waals surface area contributed by atoms with Gasteiger partial charge in [-0.2, -0.15) is 0 Å². The lowest BCUT2D eigenvalue weighted by molar-refractivity contribution is 0.240. The minimum absolute atomic E-state index is 0.0491. The molecule has 0 aliphatic carbocycles. The Morgan fingerprint density at radius 2 is 2.40 bits per heavy atom. The van der Waals surface area contributed by atoms with Gasteiger partial charge in [0.1, 0.15) is 6.61 Å². The first-order chi connectivity index (χ1) is 4.81. The van der Waals surface area contributed by atoms with Crippen LogP contribution in [0.25, 0.3) is 0 Å². The maximum atomic E-state index is 8.42. The topological polar surface area (TPSA) is 29.5 Å². The molecule has 56 valence electrons. The fourth-order valence-corrected chi connectivity index (χ4v) is 0.436. The average Bonchev–Trinajstić information content (AvgIpc) is 1.89. The van der Waals surface area contributed by atoms with E-state index in [0.717, 1.165) is 5.57 Å². The summed E-state index contributed by atoms with van der Waals surface area (Å²) in [4.78, 5) is 0. The highest BCUT2D eigenvalue weighted by molar-refractivity contribution is 5.26. The standard InChI is InChI=1S/C8H12O2/c1-8(5-6-9)4-3-7-10-2/h5,9H,6-7H2,1-2H3/b8-5-. The Hall–Kier alpha value is -0.780. The number of methoxy groups -OCH3 is 1. The maximum absolute atomic E-state index is 8.42. The molecule has 1 N–H and O–H groups in total. The molecule has 10 heavy (non-hydrogen) atoms.